The third-order valence-electron chi connectivity index (χ3n) is 4.94. The van der Waals surface area contributed by atoms with Crippen molar-refractivity contribution in [1.29, 1.82) is 0 Å². The van der Waals surface area contributed by atoms with Gasteiger partial charge < -0.3 is 15.3 Å². The number of benzene rings is 1. The number of carbonyl (C=O) groups excluding carboxylic acids is 2. The van der Waals surface area contributed by atoms with Crippen LogP contribution in [0.5, 0.6) is 0 Å². The minimum absolute atomic E-state index is 0.0899. The van der Waals surface area contributed by atoms with Gasteiger partial charge >= 0.3 is 5.97 Å². The highest BCUT2D eigenvalue weighted by Crippen LogP contribution is 2.32. The molecule has 3 rings (SSSR count). The summed E-state index contributed by atoms with van der Waals surface area (Å²) in [5.74, 6) is -3.64. The van der Waals surface area contributed by atoms with E-state index in [2.05, 4.69) is 10.3 Å². The maximum atomic E-state index is 14.2. The molecule has 0 saturated carbocycles. The zero-order valence-corrected chi connectivity index (χ0v) is 15.7. The SMILES string of the molecule is O=C(O)CC(NC(=O)c1cnc2c(F)cccc2c1N1CCCCC1)C(=O)CF. The molecule has 1 aliphatic heterocycles. The van der Waals surface area contributed by atoms with Crippen LogP contribution in [0, 0.1) is 5.82 Å². The molecule has 2 N–H and O–H groups in total. The van der Waals surface area contributed by atoms with Gasteiger partial charge in [0, 0.05) is 24.7 Å². The molecule has 1 unspecified atom stereocenters. The second-order valence-corrected chi connectivity index (χ2v) is 6.93. The first-order chi connectivity index (χ1) is 13.9. The predicted molar refractivity (Wildman–Crippen MR) is 102 cm³/mol. The second-order valence-electron chi connectivity index (χ2n) is 6.93. The number of aromatic nitrogens is 1. The highest BCUT2D eigenvalue weighted by atomic mass is 19.1. The highest BCUT2D eigenvalue weighted by Gasteiger charge is 2.28. The van der Waals surface area contributed by atoms with Crippen LogP contribution < -0.4 is 10.2 Å². The third-order valence-corrected chi connectivity index (χ3v) is 4.94. The second kappa shape index (κ2) is 8.93. The van der Waals surface area contributed by atoms with E-state index >= 15 is 0 Å². The predicted octanol–water partition coefficient (Wildman–Crippen LogP) is 2.48. The molecule has 2 heterocycles. The van der Waals surface area contributed by atoms with Crippen LogP contribution in [-0.2, 0) is 9.59 Å². The average Bonchev–Trinajstić information content (AvgIpc) is 2.72. The number of hydrogen-bond acceptors (Lipinski definition) is 5. The summed E-state index contributed by atoms with van der Waals surface area (Å²) < 4.78 is 27.0. The number of anilines is 1. The number of carbonyl (C=O) groups is 3. The molecule has 0 bridgehead atoms. The molecule has 0 radical (unpaired) electrons. The fraction of sp³-hybridized carbons (Fsp3) is 0.400. The van der Waals surface area contributed by atoms with Crippen LogP contribution >= 0.6 is 0 Å². The van der Waals surface area contributed by atoms with Gasteiger partial charge in [0.25, 0.3) is 5.91 Å². The standard InChI is InChI=1S/C20H21F2N3O4/c21-10-16(26)15(9-17(27)28)24-20(29)13-11-23-18-12(5-4-6-14(18)22)19(13)25-7-2-1-3-8-25/h4-6,11,15H,1-3,7-10H2,(H,24,29)(H,27,28). The highest BCUT2D eigenvalue weighted by molar-refractivity contribution is 6.08. The molecule has 1 fully saturated rings. The van der Waals surface area contributed by atoms with E-state index in [9.17, 15) is 23.2 Å². The Kier molecular flexibility index (Phi) is 6.36. The number of amides is 1. The zero-order chi connectivity index (χ0) is 21.0. The van der Waals surface area contributed by atoms with Crippen LogP contribution in [0.3, 0.4) is 0 Å². The Hall–Kier alpha value is -3.10. The molecule has 1 aromatic carbocycles. The fourth-order valence-electron chi connectivity index (χ4n) is 3.55. The van der Waals surface area contributed by atoms with Gasteiger partial charge in [0.15, 0.2) is 5.78 Å². The molecule has 0 spiro atoms. The Morgan fingerprint density at radius 2 is 1.93 bits per heavy atom. The summed E-state index contributed by atoms with van der Waals surface area (Å²) in [6.07, 6.45) is 3.33. The first kappa shape index (κ1) is 20.6. The number of piperidine rings is 1. The van der Waals surface area contributed by atoms with E-state index in [1.54, 1.807) is 6.07 Å². The molecule has 2 aromatic rings. The van der Waals surface area contributed by atoms with Gasteiger partial charge in [-0.3, -0.25) is 19.4 Å². The molecule has 1 atom stereocenters. The Labute approximate surface area is 165 Å². The molecule has 0 aliphatic carbocycles. The van der Waals surface area contributed by atoms with Crippen molar-refractivity contribution in [2.45, 2.75) is 31.7 Å². The summed E-state index contributed by atoms with van der Waals surface area (Å²) in [5, 5.41) is 11.7. The third kappa shape index (κ3) is 4.49. The van der Waals surface area contributed by atoms with Crippen molar-refractivity contribution < 1.29 is 28.3 Å². The monoisotopic (exact) mass is 405 g/mol. The number of ketones is 1. The van der Waals surface area contributed by atoms with Crippen molar-refractivity contribution >= 4 is 34.3 Å². The molecule has 1 aliphatic rings. The molecule has 1 amide bonds. The van der Waals surface area contributed by atoms with E-state index in [1.165, 1.54) is 18.3 Å². The summed E-state index contributed by atoms with van der Waals surface area (Å²) in [7, 11) is 0. The van der Waals surface area contributed by atoms with Gasteiger partial charge in [-0.2, -0.15) is 0 Å². The minimum Gasteiger partial charge on any atom is -0.481 e. The number of nitrogens with zero attached hydrogens (tertiary/aromatic N) is 2. The molecule has 9 heteroatoms. The lowest BCUT2D eigenvalue weighted by molar-refractivity contribution is -0.139. The van der Waals surface area contributed by atoms with Crippen molar-refractivity contribution in [2.75, 3.05) is 24.7 Å². The van der Waals surface area contributed by atoms with Gasteiger partial charge in [-0.05, 0) is 25.3 Å². The van der Waals surface area contributed by atoms with Crippen LogP contribution in [0.4, 0.5) is 14.5 Å². The van der Waals surface area contributed by atoms with Crippen LogP contribution in [0.1, 0.15) is 36.0 Å². The fourth-order valence-corrected chi connectivity index (χ4v) is 3.55. The minimum atomic E-state index is -1.50. The summed E-state index contributed by atoms with van der Waals surface area (Å²) in [4.78, 5) is 41.6. The van der Waals surface area contributed by atoms with Crippen LogP contribution in [0.25, 0.3) is 10.9 Å². The van der Waals surface area contributed by atoms with Crippen molar-refractivity contribution in [3.05, 3.63) is 35.8 Å². The number of Topliss-reactive ketones (excluding diaryl/α,β-unsaturated/α-hetero) is 1. The number of pyridine rings is 1. The number of para-hydroxylation sites is 1. The number of hydrogen-bond donors (Lipinski definition) is 2. The number of alkyl halides is 1. The molecule has 1 saturated heterocycles. The van der Waals surface area contributed by atoms with Crippen LogP contribution in [-0.4, -0.2) is 53.6 Å². The number of rotatable bonds is 7. The van der Waals surface area contributed by atoms with E-state index in [-0.39, 0.29) is 11.1 Å². The largest absolute Gasteiger partial charge is 0.481 e. The van der Waals surface area contributed by atoms with E-state index in [0.29, 0.717) is 24.2 Å². The Balaban J connectivity index is 2.04. The Morgan fingerprint density at radius 3 is 2.59 bits per heavy atom. The smallest absolute Gasteiger partial charge is 0.305 e. The zero-order valence-electron chi connectivity index (χ0n) is 15.7. The number of nitrogens with one attached hydrogen (secondary N) is 1. The molecule has 1 aromatic heterocycles. The van der Waals surface area contributed by atoms with E-state index < -0.39 is 42.6 Å². The maximum Gasteiger partial charge on any atom is 0.305 e. The van der Waals surface area contributed by atoms with Gasteiger partial charge in [-0.25, -0.2) is 8.78 Å². The van der Waals surface area contributed by atoms with Gasteiger partial charge in [-0.1, -0.05) is 12.1 Å². The number of carboxylic acids is 1. The first-order valence-corrected chi connectivity index (χ1v) is 9.36. The van der Waals surface area contributed by atoms with E-state index in [4.69, 9.17) is 5.11 Å². The van der Waals surface area contributed by atoms with Crippen LogP contribution in [0.2, 0.25) is 0 Å². The number of halogens is 2. The quantitative estimate of drug-likeness (QED) is 0.734. The van der Waals surface area contributed by atoms with Crippen LogP contribution in [0.15, 0.2) is 24.4 Å². The van der Waals surface area contributed by atoms with E-state index in [0.717, 1.165) is 19.3 Å². The molecular weight excluding hydrogens is 384 g/mol. The lowest BCUT2D eigenvalue weighted by Gasteiger charge is -2.31. The Morgan fingerprint density at radius 1 is 1.21 bits per heavy atom. The number of fused-ring (bicyclic) bond motifs is 1. The summed E-state index contributed by atoms with van der Waals surface area (Å²) in [6, 6.07) is 2.96. The van der Waals surface area contributed by atoms with Crippen molar-refractivity contribution in [1.82, 2.24) is 10.3 Å². The lowest BCUT2D eigenvalue weighted by atomic mass is 10.0. The molecule has 7 nitrogen and oxygen atoms in total. The number of carboxylic acid groups (broad SMARTS) is 1. The molecule has 154 valence electrons. The summed E-state index contributed by atoms with van der Waals surface area (Å²) in [5.41, 5.74) is 0.687. The van der Waals surface area contributed by atoms with E-state index in [1.807, 2.05) is 4.90 Å². The van der Waals surface area contributed by atoms with Gasteiger partial charge in [0.05, 0.1) is 17.7 Å². The average molecular weight is 405 g/mol. The number of aliphatic carboxylic acids is 1. The van der Waals surface area contributed by atoms with Gasteiger partial charge in [0.2, 0.25) is 0 Å². The van der Waals surface area contributed by atoms with Crippen molar-refractivity contribution in [3.63, 3.8) is 0 Å². The molecular formula is C20H21F2N3O4. The van der Waals surface area contributed by atoms with Crippen molar-refractivity contribution in [3.8, 4) is 0 Å². The summed E-state index contributed by atoms with van der Waals surface area (Å²) in [6.45, 7) is -0.0614. The lowest BCUT2D eigenvalue weighted by Crippen LogP contribution is -2.43. The first-order valence-electron chi connectivity index (χ1n) is 9.36. The normalized spacial score (nSPS) is 15.2. The van der Waals surface area contributed by atoms with Gasteiger partial charge in [0.1, 0.15) is 24.1 Å². The Bertz CT molecular complexity index is 945. The maximum absolute atomic E-state index is 14.2. The summed E-state index contributed by atoms with van der Waals surface area (Å²) >= 11 is 0. The molecule has 29 heavy (non-hydrogen) atoms. The van der Waals surface area contributed by atoms with Gasteiger partial charge in [-0.15, -0.1) is 0 Å². The van der Waals surface area contributed by atoms with Crippen molar-refractivity contribution in [2.24, 2.45) is 0 Å². The topological polar surface area (TPSA) is 99.6 Å².